The number of aliphatic hydroxyl groups excluding tert-OH is 1. The van der Waals surface area contributed by atoms with Gasteiger partial charge in [-0.25, -0.2) is 4.98 Å². The van der Waals surface area contributed by atoms with E-state index < -0.39 is 22.6 Å². The van der Waals surface area contributed by atoms with Crippen molar-refractivity contribution in [3.63, 3.8) is 0 Å². The molecule has 2 amide bonds. The van der Waals surface area contributed by atoms with Gasteiger partial charge in [0.25, 0.3) is 5.91 Å². The summed E-state index contributed by atoms with van der Waals surface area (Å²) >= 11 is 6.24. The van der Waals surface area contributed by atoms with Gasteiger partial charge in [-0.3, -0.25) is 14.4 Å². The lowest BCUT2D eigenvalue weighted by atomic mass is 9.66. The van der Waals surface area contributed by atoms with Crippen molar-refractivity contribution >= 4 is 43.6 Å². The van der Waals surface area contributed by atoms with Crippen molar-refractivity contribution in [2.45, 2.75) is 57.8 Å². The van der Waals surface area contributed by atoms with Crippen molar-refractivity contribution in [1.82, 2.24) is 14.9 Å². The highest BCUT2D eigenvalue weighted by Crippen LogP contribution is 2.38. The molecule has 2 N–H and O–H groups in total. The zero-order chi connectivity index (χ0) is 31.1. The topological polar surface area (TPSA) is 114 Å². The molecule has 0 bridgehead atoms. The van der Waals surface area contributed by atoms with Crippen LogP contribution in [-0.2, 0) is 31.6 Å². The van der Waals surface area contributed by atoms with Crippen LogP contribution in [0.25, 0.3) is 0 Å². The molecule has 11 heteroatoms. The van der Waals surface area contributed by atoms with E-state index in [1.54, 1.807) is 30.6 Å². The zero-order valence-corrected chi connectivity index (χ0v) is 25.6. The van der Waals surface area contributed by atoms with Gasteiger partial charge in [-0.1, -0.05) is 73.5 Å². The van der Waals surface area contributed by atoms with E-state index in [1.807, 2.05) is 50.3 Å². The number of carbonyl (C=O) groups is 3. The monoisotopic (exact) mass is 592 g/mol. The number of carbonyl (C=O) groups excluding carboxylic acids is 3. The van der Waals surface area contributed by atoms with Crippen LogP contribution in [0.3, 0.4) is 0 Å². The number of ether oxygens (including phenoxy) is 1. The highest BCUT2D eigenvalue weighted by molar-refractivity contribution is 6.31. The minimum atomic E-state index is -1.51. The first-order valence-electron chi connectivity index (χ1n) is 13.9. The summed E-state index contributed by atoms with van der Waals surface area (Å²) in [5.74, 6) is -0.808. The standard InChI is InChI=1S/C31H38BClN4O5/c1-6-42-29(41)31(4,23-12-8-11-22(18-23)30(2,3)32)28-35-26(36(5)20-39)25(27(40)34-16-9-17-38)37(28)19-21-10-7-13-24(33)15-14-21/h8,10-15,18,20,38H,6-7,9,16-17,19H2,1-5H3,(H,34,40). The van der Waals surface area contributed by atoms with Gasteiger partial charge in [-0.2, -0.15) is 0 Å². The highest BCUT2D eigenvalue weighted by atomic mass is 35.5. The van der Waals surface area contributed by atoms with E-state index in [-0.39, 0.29) is 43.6 Å². The summed E-state index contributed by atoms with van der Waals surface area (Å²) in [7, 11) is 7.91. The number of nitrogens with zero attached hydrogens (tertiary/aromatic N) is 3. The summed E-state index contributed by atoms with van der Waals surface area (Å²) in [5.41, 5.74) is 0.737. The van der Waals surface area contributed by atoms with Gasteiger partial charge in [0.15, 0.2) is 11.5 Å². The first kappa shape index (κ1) is 32.9. The normalized spacial score (nSPS) is 14.7. The molecule has 0 aliphatic heterocycles. The maximum atomic E-state index is 13.9. The summed E-state index contributed by atoms with van der Waals surface area (Å²) in [4.78, 5) is 45.6. The number of nitrogens with one attached hydrogen (secondary N) is 1. The van der Waals surface area contributed by atoms with E-state index in [0.717, 1.165) is 11.1 Å². The van der Waals surface area contributed by atoms with Crippen LogP contribution in [0.5, 0.6) is 0 Å². The van der Waals surface area contributed by atoms with Crippen LogP contribution in [0.2, 0.25) is 0 Å². The molecule has 2 radical (unpaired) electrons. The number of aliphatic hydroxyl groups is 1. The molecular formula is C31H38BClN4O5. The second kappa shape index (κ2) is 14.0. The second-order valence-electron chi connectivity index (χ2n) is 10.8. The number of esters is 1. The Bertz CT molecular complexity index is 1410. The smallest absolute Gasteiger partial charge is 0.324 e. The Kier molecular flexibility index (Phi) is 11.0. The van der Waals surface area contributed by atoms with E-state index in [1.165, 1.54) is 11.9 Å². The molecule has 222 valence electrons. The number of hydrogen-bond donors (Lipinski definition) is 2. The summed E-state index contributed by atoms with van der Waals surface area (Å²) < 4.78 is 7.26. The van der Waals surface area contributed by atoms with E-state index in [4.69, 9.17) is 29.2 Å². The fourth-order valence-electron chi connectivity index (χ4n) is 4.65. The lowest BCUT2D eigenvalue weighted by Gasteiger charge is -2.30. The Morgan fingerprint density at radius 2 is 1.95 bits per heavy atom. The van der Waals surface area contributed by atoms with Crippen molar-refractivity contribution in [1.29, 1.82) is 0 Å². The maximum Gasteiger partial charge on any atom is 0.324 e. The van der Waals surface area contributed by atoms with Crippen molar-refractivity contribution in [2.24, 2.45) is 0 Å². The predicted molar refractivity (Wildman–Crippen MR) is 165 cm³/mol. The number of allylic oxidation sites excluding steroid dienone is 6. The summed E-state index contributed by atoms with van der Waals surface area (Å²) in [6.07, 6.45) is 8.87. The molecule has 1 aliphatic rings. The van der Waals surface area contributed by atoms with Crippen LogP contribution >= 0.6 is 11.6 Å². The number of benzene rings is 1. The first-order chi connectivity index (χ1) is 19.9. The third-order valence-electron chi connectivity index (χ3n) is 7.08. The molecule has 1 aromatic carbocycles. The average Bonchev–Trinajstić information content (AvgIpc) is 3.21. The van der Waals surface area contributed by atoms with Gasteiger partial charge < -0.3 is 24.6 Å². The predicted octanol–water partition coefficient (Wildman–Crippen LogP) is 3.87. The fraction of sp³-hybridized carbons (Fsp3) is 0.419. The second-order valence-corrected chi connectivity index (χ2v) is 11.3. The molecule has 1 atom stereocenters. The number of aromatic nitrogens is 2. The molecule has 1 unspecified atom stereocenters. The Hall–Kier alpha value is -3.63. The van der Waals surface area contributed by atoms with E-state index in [9.17, 15) is 19.5 Å². The molecule has 1 heterocycles. The molecule has 42 heavy (non-hydrogen) atoms. The molecule has 9 nitrogen and oxygen atoms in total. The van der Waals surface area contributed by atoms with Crippen LogP contribution in [0, 0.1) is 0 Å². The molecular weight excluding hydrogens is 555 g/mol. The van der Waals surface area contributed by atoms with Gasteiger partial charge in [0, 0.05) is 31.8 Å². The largest absolute Gasteiger partial charge is 0.465 e. The van der Waals surface area contributed by atoms with Crippen LogP contribution < -0.4 is 10.2 Å². The van der Waals surface area contributed by atoms with E-state index >= 15 is 0 Å². The third-order valence-corrected chi connectivity index (χ3v) is 7.36. The average molecular weight is 593 g/mol. The van der Waals surface area contributed by atoms with Crippen molar-refractivity contribution < 1.29 is 24.2 Å². The first-order valence-corrected chi connectivity index (χ1v) is 14.2. The van der Waals surface area contributed by atoms with Gasteiger partial charge in [0.2, 0.25) is 6.41 Å². The van der Waals surface area contributed by atoms with Crippen molar-refractivity contribution in [2.75, 3.05) is 31.7 Å². The lowest BCUT2D eigenvalue weighted by Crippen LogP contribution is -2.40. The third kappa shape index (κ3) is 7.22. The van der Waals surface area contributed by atoms with Crippen molar-refractivity contribution in [3.8, 4) is 0 Å². The number of imidazole rings is 1. The summed E-state index contributed by atoms with van der Waals surface area (Å²) in [5, 5.41) is 11.9. The molecule has 1 aliphatic carbocycles. The van der Waals surface area contributed by atoms with Gasteiger partial charge in [0.05, 0.1) is 14.5 Å². The molecule has 0 spiro atoms. The van der Waals surface area contributed by atoms with Crippen LogP contribution in [0.1, 0.15) is 68.0 Å². The minimum Gasteiger partial charge on any atom is -0.465 e. The molecule has 0 fully saturated rings. The Balaban J connectivity index is 2.38. The van der Waals surface area contributed by atoms with Crippen LogP contribution in [-0.4, -0.2) is 67.6 Å². The van der Waals surface area contributed by atoms with Gasteiger partial charge >= 0.3 is 5.97 Å². The Morgan fingerprint density at radius 1 is 1.24 bits per heavy atom. The number of hydrogen-bond acceptors (Lipinski definition) is 6. The number of anilines is 1. The molecule has 0 saturated carbocycles. The molecule has 2 aromatic rings. The van der Waals surface area contributed by atoms with E-state index in [2.05, 4.69) is 5.32 Å². The Labute approximate surface area is 253 Å². The van der Waals surface area contributed by atoms with Gasteiger partial charge in [0.1, 0.15) is 11.2 Å². The zero-order valence-electron chi connectivity index (χ0n) is 24.8. The van der Waals surface area contributed by atoms with Crippen LogP contribution in [0.4, 0.5) is 5.82 Å². The number of amides is 2. The quantitative estimate of drug-likeness (QED) is 0.158. The molecule has 3 rings (SSSR count). The summed E-state index contributed by atoms with van der Waals surface area (Å²) in [6, 6.07) is 7.33. The number of halogens is 1. The van der Waals surface area contributed by atoms with E-state index in [0.29, 0.717) is 29.8 Å². The van der Waals surface area contributed by atoms with Gasteiger partial charge in [-0.15, -0.1) is 0 Å². The maximum absolute atomic E-state index is 13.9. The number of rotatable bonds is 13. The fourth-order valence-corrected chi connectivity index (χ4v) is 4.80. The minimum absolute atomic E-state index is 0.0710. The summed E-state index contributed by atoms with van der Waals surface area (Å²) in [6.45, 7) is 7.49. The SMILES string of the molecule is [B]C(C)(C)c1cccc(C(C)(C(=O)OCC)c2nc(N(C)C=O)c(C(=O)NCCCO)n2CC2=CCC=C(Cl)C=C2)c1. The molecule has 1 aromatic heterocycles. The lowest BCUT2D eigenvalue weighted by molar-refractivity contribution is -0.148. The highest BCUT2D eigenvalue weighted by Gasteiger charge is 2.45. The Morgan fingerprint density at radius 3 is 2.60 bits per heavy atom. The molecule has 0 saturated heterocycles. The van der Waals surface area contributed by atoms with Crippen molar-refractivity contribution in [3.05, 3.63) is 81.8 Å². The van der Waals surface area contributed by atoms with Crippen LogP contribution in [0.15, 0.2) is 59.2 Å². The van der Waals surface area contributed by atoms with Gasteiger partial charge in [-0.05, 0) is 49.2 Å².